The molecule has 8 nitrogen and oxygen atoms in total. The van der Waals surface area contributed by atoms with E-state index in [-0.39, 0.29) is 29.4 Å². The maximum Gasteiger partial charge on any atom is 0.271 e. The molecule has 0 radical (unpaired) electrons. The Bertz CT molecular complexity index is 946. The van der Waals surface area contributed by atoms with E-state index in [1.54, 1.807) is 6.07 Å². The molecule has 0 atom stereocenters. The number of nitrogens with one attached hydrogen (secondary N) is 1. The van der Waals surface area contributed by atoms with Gasteiger partial charge in [0.1, 0.15) is 18.2 Å². The molecule has 0 saturated heterocycles. The molecule has 2 aromatic rings. The topological polar surface area (TPSA) is 116 Å². The predicted octanol–water partition coefficient (Wildman–Crippen LogP) is 1.95. The molecule has 2 aromatic carbocycles. The van der Waals surface area contributed by atoms with Crippen molar-refractivity contribution in [3.8, 4) is 5.75 Å². The third-order valence-corrected chi connectivity index (χ3v) is 4.34. The zero-order valence-electron chi connectivity index (χ0n) is 13.6. The number of nitro groups is 1. The molecule has 1 amide bonds. The number of carbonyl (C=O) groups is 1. The van der Waals surface area contributed by atoms with Crippen LogP contribution in [0.4, 0.5) is 10.1 Å². The Morgan fingerprint density at radius 2 is 2.00 bits per heavy atom. The predicted molar refractivity (Wildman–Crippen MR) is 90.4 cm³/mol. The molecule has 0 fully saturated rings. The minimum atomic E-state index is -3.72. The summed E-state index contributed by atoms with van der Waals surface area (Å²) in [5.74, 6) is -0.869. The number of nitrogens with zero attached hydrogens (tertiary/aromatic N) is 1. The van der Waals surface area contributed by atoms with Gasteiger partial charge in [-0.15, -0.1) is 0 Å². The lowest BCUT2D eigenvalue weighted by Crippen LogP contribution is -2.28. The minimum absolute atomic E-state index is 0.0308. The average molecular weight is 382 g/mol. The van der Waals surface area contributed by atoms with Crippen molar-refractivity contribution < 1.29 is 27.3 Å². The second-order valence-corrected chi connectivity index (χ2v) is 7.32. The van der Waals surface area contributed by atoms with Crippen LogP contribution in [0.5, 0.6) is 5.75 Å². The first-order valence-corrected chi connectivity index (χ1v) is 9.22. The number of hydrogen-bond donors (Lipinski definition) is 1. The molecule has 0 aromatic heterocycles. The van der Waals surface area contributed by atoms with Gasteiger partial charge in [0.25, 0.3) is 11.6 Å². The Labute approximate surface area is 148 Å². The van der Waals surface area contributed by atoms with Crippen molar-refractivity contribution in [1.29, 1.82) is 0 Å². The maximum absolute atomic E-state index is 13.0. The number of hydrogen-bond acceptors (Lipinski definition) is 6. The fourth-order valence-corrected chi connectivity index (χ4v) is 2.70. The van der Waals surface area contributed by atoms with Gasteiger partial charge >= 0.3 is 0 Å². The summed E-state index contributed by atoms with van der Waals surface area (Å²) in [7, 11) is -3.72. The van der Waals surface area contributed by atoms with Gasteiger partial charge in [0.05, 0.1) is 16.4 Å². The first-order chi connectivity index (χ1) is 12.2. The van der Waals surface area contributed by atoms with Crippen molar-refractivity contribution >= 4 is 21.4 Å². The highest BCUT2D eigenvalue weighted by atomic mass is 32.2. The number of non-ortho nitro benzene ring substituents is 1. The molecule has 1 N–H and O–H groups in total. The number of amides is 1. The molecule has 0 spiro atoms. The van der Waals surface area contributed by atoms with E-state index < -0.39 is 32.2 Å². The summed E-state index contributed by atoms with van der Waals surface area (Å²) in [6.45, 7) is 0.0648. The number of benzene rings is 2. The summed E-state index contributed by atoms with van der Waals surface area (Å²) in [5.41, 5.74) is -0.667. The van der Waals surface area contributed by atoms with Gasteiger partial charge in [-0.1, -0.05) is 6.07 Å². The van der Waals surface area contributed by atoms with E-state index in [2.05, 4.69) is 5.32 Å². The second kappa shape index (κ2) is 7.91. The lowest BCUT2D eigenvalue weighted by atomic mass is 10.2. The molecular weight excluding hydrogens is 367 g/mol. The van der Waals surface area contributed by atoms with Crippen LogP contribution in [0.2, 0.25) is 0 Å². The van der Waals surface area contributed by atoms with E-state index in [0.29, 0.717) is 0 Å². The van der Waals surface area contributed by atoms with Crippen LogP contribution in [0.3, 0.4) is 0 Å². The standard InChI is InChI=1S/C16H15FN2O6S/c1-26(23,24)15-8-11(7-13(10-15)19(21)22)16(20)18-5-6-25-14-4-2-3-12(17)9-14/h2-4,7-10H,5-6H2,1H3,(H,18,20). The Kier molecular flexibility index (Phi) is 5.88. The number of rotatable bonds is 7. The lowest BCUT2D eigenvalue weighted by molar-refractivity contribution is -0.385. The normalized spacial score (nSPS) is 11.0. The number of sulfone groups is 1. The summed E-state index contributed by atoms with van der Waals surface area (Å²) in [4.78, 5) is 21.9. The average Bonchev–Trinajstić information content (AvgIpc) is 2.57. The zero-order chi connectivity index (χ0) is 19.3. The fraction of sp³-hybridized carbons (Fsp3) is 0.188. The lowest BCUT2D eigenvalue weighted by Gasteiger charge is -2.09. The molecule has 0 saturated carbocycles. The van der Waals surface area contributed by atoms with Crippen molar-refractivity contribution in [2.75, 3.05) is 19.4 Å². The van der Waals surface area contributed by atoms with Crippen LogP contribution in [0.25, 0.3) is 0 Å². The number of halogens is 1. The fourth-order valence-electron chi connectivity index (χ4n) is 2.03. The van der Waals surface area contributed by atoms with Crippen molar-refractivity contribution in [2.24, 2.45) is 0 Å². The molecule has 2 rings (SSSR count). The van der Waals surface area contributed by atoms with Gasteiger partial charge in [0, 0.05) is 30.0 Å². The van der Waals surface area contributed by atoms with Gasteiger partial charge in [-0.2, -0.15) is 0 Å². The molecule has 138 valence electrons. The van der Waals surface area contributed by atoms with Gasteiger partial charge in [0.2, 0.25) is 0 Å². The van der Waals surface area contributed by atoms with E-state index in [0.717, 1.165) is 24.5 Å². The van der Waals surface area contributed by atoms with E-state index in [1.807, 2.05) is 0 Å². The van der Waals surface area contributed by atoms with Crippen LogP contribution in [-0.4, -0.2) is 38.7 Å². The van der Waals surface area contributed by atoms with Gasteiger partial charge < -0.3 is 10.1 Å². The minimum Gasteiger partial charge on any atom is -0.492 e. The maximum atomic E-state index is 13.0. The Morgan fingerprint density at radius 1 is 1.27 bits per heavy atom. The smallest absolute Gasteiger partial charge is 0.271 e. The van der Waals surface area contributed by atoms with E-state index >= 15 is 0 Å². The van der Waals surface area contributed by atoms with Crippen molar-refractivity contribution in [3.05, 3.63) is 64.0 Å². The molecular formula is C16H15FN2O6S. The Hall–Kier alpha value is -3.01. The third kappa shape index (κ3) is 5.24. The van der Waals surface area contributed by atoms with Crippen LogP contribution in [0.1, 0.15) is 10.4 Å². The molecule has 0 aliphatic rings. The molecule has 0 aliphatic heterocycles. The summed E-state index contributed by atoms with van der Waals surface area (Å²) in [6, 6.07) is 8.39. The highest BCUT2D eigenvalue weighted by Gasteiger charge is 2.19. The van der Waals surface area contributed by atoms with Crippen molar-refractivity contribution in [3.63, 3.8) is 0 Å². The molecule has 0 bridgehead atoms. The van der Waals surface area contributed by atoms with Gasteiger partial charge in [-0.05, 0) is 18.2 Å². The largest absolute Gasteiger partial charge is 0.492 e. The van der Waals surface area contributed by atoms with Crippen molar-refractivity contribution in [1.82, 2.24) is 5.32 Å². The monoisotopic (exact) mass is 382 g/mol. The summed E-state index contributed by atoms with van der Waals surface area (Å²) < 4.78 is 41.5. The van der Waals surface area contributed by atoms with Crippen LogP contribution in [-0.2, 0) is 9.84 Å². The van der Waals surface area contributed by atoms with E-state index in [9.17, 15) is 27.7 Å². The SMILES string of the molecule is CS(=O)(=O)c1cc(C(=O)NCCOc2cccc(F)c2)cc([N+](=O)[O-])c1. The van der Waals surface area contributed by atoms with Crippen LogP contribution < -0.4 is 10.1 Å². The first kappa shape index (κ1) is 19.3. The molecule has 10 heteroatoms. The second-order valence-electron chi connectivity index (χ2n) is 5.31. The van der Waals surface area contributed by atoms with E-state index in [4.69, 9.17) is 4.74 Å². The van der Waals surface area contributed by atoms with Gasteiger partial charge in [0.15, 0.2) is 9.84 Å². The summed E-state index contributed by atoms with van der Waals surface area (Å²) >= 11 is 0. The highest BCUT2D eigenvalue weighted by Crippen LogP contribution is 2.21. The molecule has 0 unspecified atom stereocenters. The summed E-state index contributed by atoms with van der Waals surface area (Å²) in [5, 5.41) is 13.4. The van der Waals surface area contributed by atoms with Gasteiger partial charge in [-0.25, -0.2) is 12.8 Å². The number of ether oxygens (including phenoxy) is 1. The van der Waals surface area contributed by atoms with Gasteiger partial charge in [-0.3, -0.25) is 14.9 Å². The quantitative estimate of drug-likeness (QED) is 0.444. The van der Waals surface area contributed by atoms with Crippen molar-refractivity contribution in [2.45, 2.75) is 4.90 Å². The third-order valence-electron chi connectivity index (χ3n) is 3.24. The Balaban J connectivity index is 2.04. The number of carbonyl (C=O) groups excluding carboxylic acids is 1. The van der Waals surface area contributed by atoms with Crippen LogP contribution in [0, 0.1) is 15.9 Å². The first-order valence-electron chi connectivity index (χ1n) is 7.33. The summed E-state index contributed by atoms with van der Waals surface area (Å²) in [6.07, 6.45) is 0.889. The van der Waals surface area contributed by atoms with E-state index in [1.165, 1.54) is 18.2 Å². The molecule has 26 heavy (non-hydrogen) atoms. The van der Waals surface area contributed by atoms with Crippen LogP contribution >= 0.6 is 0 Å². The Morgan fingerprint density at radius 3 is 2.62 bits per heavy atom. The molecule has 0 heterocycles. The molecule has 0 aliphatic carbocycles. The highest BCUT2D eigenvalue weighted by molar-refractivity contribution is 7.90. The zero-order valence-corrected chi connectivity index (χ0v) is 14.5. The van der Waals surface area contributed by atoms with Crippen LogP contribution in [0.15, 0.2) is 47.4 Å². The number of nitro benzene ring substituents is 1.